The second kappa shape index (κ2) is 20.5. The van der Waals surface area contributed by atoms with Gasteiger partial charge in [0.05, 0.1) is 30.4 Å². The first-order chi connectivity index (χ1) is 41.0. The van der Waals surface area contributed by atoms with Crippen LogP contribution in [0.4, 0.5) is 11.4 Å². The van der Waals surface area contributed by atoms with Gasteiger partial charge in [-0.25, -0.2) is 4.98 Å². The summed E-state index contributed by atoms with van der Waals surface area (Å²) in [5, 5.41) is 2.07. The molecule has 5 nitrogen and oxygen atoms in total. The first-order valence-corrected chi connectivity index (χ1v) is 25.6. The summed E-state index contributed by atoms with van der Waals surface area (Å²) in [6.45, 7) is 19.1. The van der Waals surface area contributed by atoms with Gasteiger partial charge in [-0.15, -0.1) is 23.6 Å². The maximum absolute atomic E-state index is 9.24. The fraction of sp³-hybridized carbons (Fsp3) is 0.143. The standard InChI is InChI=1S/C70H60BN5.Pt/c1-46-38-48(3)67(49(4)39-46)71(68-50(5)40-47(2)41-51(68)6)76(57-34-35-61-60-28-16-17-31-62(60)75(65(61)44-57)66-42-54(36-37-72-66)70(7,8)9)56-27-20-26-55(43-56)73-45-74(64-33-19-18-32-63(64)73)69-58(52-22-12-10-13-23-52)29-21-30-59(69)53-24-14-11-15-25-53;/h10-42H,1-9H3;/q-2;/i10D,11D,12D,13D,14D,15D,22D,23D,24D,25D;. The van der Waals surface area contributed by atoms with Crippen LogP contribution < -0.4 is 20.3 Å². The Hall–Kier alpha value is -8.05. The van der Waals surface area contributed by atoms with Crippen molar-refractivity contribution in [2.45, 2.75) is 67.7 Å². The van der Waals surface area contributed by atoms with E-state index < -0.39 is 67.3 Å². The van der Waals surface area contributed by atoms with Gasteiger partial charge in [0, 0.05) is 32.8 Å². The zero-order valence-corrected chi connectivity index (χ0v) is 46.7. The van der Waals surface area contributed by atoms with E-state index in [2.05, 4.69) is 169 Å². The minimum Gasteiger partial charge on any atom is -0.420 e. The molecule has 9 aromatic carbocycles. The molecule has 0 saturated heterocycles. The summed E-state index contributed by atoms with van der Waals surface area (Å²) in [4.78, 5) is 7.37. The minimum atomic E-state index is -0.571. The zero-order valence-electron chi connectivity index (χ0n) is 54.4. The van der Waals surface area contributed by atoms with Crippen molar-refractivity contribution in [3.63, 3.8) is 0 Å². The van der Waals surface area contributed by atoms with Crippen LogP contribution in [0.25, 0.3) is 72.3 Å². The van der Waals surface area contributed by atoms with E-state index in [4.69, 9.17) is 13.2 Å². The topological polar surface area (TPSA) is 29.9 Å². The molecule has 0 unspecified atom stereocenters. The van der Waals surface area contributed by atoms with Gasteiger partial charge in [-0.1, -0.05) is 216 Å². The number of imidazole rings is 1. The van der Waals surface area contributed by atoms with Gasteiger partial charge >= 0.3 is 6.85 Å². The number of hydrogen-bond acceptors (Lipinski definition) is 2. The molecule has 0 aliphatic heterocycles. The molecular weight excluding hydrogens is 1120 g/mol. The molecule has 7 heteroatoms. The summed E-state index contributed by atoms with van der Waals surface area (Å²) >= 11 is 0. The SMILES string of the molecule is [2H]c1c([2H])c([2H])c(-c2cccc(-c3c([2H])c([2H])c([2H])c([2H])c3[2H])c2-[n+]2[c-]n(-c3[c-]c(N(B(c4c(C)cc(C)cc4C)c4c(C)cc(C)cc4C)c4[c-]c5c(cc4)c4ccccc4n5-c4cc(C(C)(C)C)ccn4)ccc3)c3ccccc32)c([2H])c1[2H].[Pt]. The Morgan fingerprint density at radius 2 is 1.13 bits per heavy atom. The Labute approximate surface area is 482 Å². The summed E-state index contributed by atoms with van der Waals surface area (Å²) in [6.07, 6.45) is 5.47. The number of fused-ring (bicyclic) bond motifs is 4. The molecule has 0 bridgehead atoms. The number of anilines is 2. The molecule has 0 amide bonds. The van der Waals surface area contributed by atoms with Gasteiger partial charge in [0.1, 0.15) is 5.82 Å². The maximum Gasteiger partial charge on any atom is 0.325 e. The predicted molar refractivity (Wildman–Crippen MR) is 318 cm³/mol. The molecular formula is C70H60BN5Pt-2. The number of rotatable bonds is 10. The van der Waals surface area contributed by atoms with E-state index in [1.54, 1.807) is 22.8 Å². The molecule has 0 fully saturated rings. The number of nitrogens with zero attached hydrogens (tertiary/aromatic N) is 5. The monoisotopic (exact) mass is 1190 g/mol. The normalized spacial score (nSPS) is 13.4. The van der Waals surface area contributed by atoms with Crippen molar-refractivity contribution in [3.8, 4) is 39.4 Å². The van der Waals surface area contributed by atoms with Crippen LogP contribution in [0, 0.1) is 60.0 Å². The maximum atomic E-state index is 9.24. The molecule has 3 aromatic heterocycles. The molecule has 0 radical (unpaired) electrons. The third kappa shape index (κ3) is 9.23. The molecule has 0 aliphatic rings. The van der Waals surface area contributed by atoms with Crippen molar-refractivity contribution < 1.29 is 39.3 Å². The smallest absolute Gasteiger partial charge is 0.325 e. The molecule has 12 rings (SSSR count). The predicted octanol–water partition coefficient (Wildman–Crippen LogP) is 15.2. The van der Waals surface area contributed by atoms with Crippen LogP contribution in [0.1, 0.15) is 73.4 Å². The first kappa shape index (κ1) is 40.2. The Balaban J connectivity index is 0.00000784. The van der Waals surface area contributed by atoms with Crippen molar-refractivity contribution in [2.75, 3.05) is 4.81 Å². The molecule has 380 valence electrons. The molecule has 0 saturated carbocycles. The largest absolute Gasteiger partial charge is 0.420 e. The van der Waals surface area contributed by atoms with Crippen LogP contribution in [-0.2, 0) is 26.5 Å². The van der Waals surface area contributed by atoms with Crippen LogP contribution in [0.3, 0.4) is 0 Å². The van der Waals surface area contributed by atoms with Crippen LogP contribution in [-0.4, -0.2) is 21.0 Å². The molecule has 12 aromatic rings. The van der Waals surface area contributed by atoms with Gasteiger partial charge < -0.3 is 13.9 Å². The molecule has 0 aliphatic carbocycles. The number of benzene rings is 9. The molecule has 3 heterocycles. The molecule has 0 atom stereocenters. The van der Waals surface area contributed by atoms with E-state index in [1.807, 2.05) is 47.2 Å². The fourth-order valence-electron chi connectivity index (χ4n) is 11.4. The fourth-order valence-corrected chi connectivity index (χ4v) is 11.4. The van der Waals surface area contributed by atoms with E-state index >= 15 is 0 Å². The number of aryl methyl sites for hydroxylation is 6. The van der Waals surface area contributed by atoms with Gasteiger partial charge in [0.15, 0.2) is 0 Å². The first-order valence-electron chi connectivity index (χ1n) is 30.6. The third-order valence-electron chi connectivity index (χ3n) is 14.6. The van der Waals surface area contributed by atoms with E-state index in [0.29, 0.717) is 22.4 Å². The van der Waals surface area contributed by atoms with Crippen LogP contribution in [0.15, 0.2) is 200 Å². The van der Waals surface area contributed by atoms with Gasteiger partial charge in [-0.3, -0.25) is 4.57 Å². The van der Waals surface area contributed by atoms with E-state index in [0.717, 1.165) is 83.2 Å². The van der Waals surface area contributed by atoms with E-state index in [-0.39, 0.29) is 54.4 Å². The summed E-state index contributed by atoms with van der Waals surface area (Å²) in [5.74, 6) is 0.773. The van der Waals surface area contributed by atoms with Gasteiger partial charge in [0.2, 0.25) is 0 Å². The zero-order chi connectivity index (χ0) is 61.1. The quantitative estimate of drug-likeness (QED) is 0.0776. The second-order valence-electron chi connectivity index (χ2n) is 20.9. The van der Waals surface area contributed by atoms with Crippen LogP contribution in [0.5, 0.6) is 0 Å². The second-order valence-corrected chi connectivity index (χ2v) is 20.9. The molecule has 77 heavy (non-hydrogen) atoms. The number of aromatic nitrogens is 4. The van der Waals surface area contributed by atoms with Crippen LogP contribution >= 0.6 is 0 Å². The van der Waals surface area contributed by atoms with Crippen LogP contribution in [0.2, 0.25) is 0 Å². The summed E-state index contributed by atoms with van der Waals surface area (Å²) < 4.78 is 94.8. The summed E-state index contributed by atoms with van der Waals surface area (Å²) in [5.41, 5.74) is 15.2. The number of para-hydroxylation sites is 4. The van der Waals surface area contributed by atoms with Crippen molar-refractivity contribution in [2.24, 2.45) is 0 Å². The van der Waals surface area contributed by atoms with Crippen molar-refractivity contribution in [1.29, 1.82) is 0 Å². The van der Waals surface area contributed by atoms with Gasteiger partial charge in [0.25, 0.3) is 6.33 Å². The van der Waals surface area contributed by atoms with Crippen molar-refractivity contribution in [3.05, 3.63) is 257 Å². The Kier molecular flexibility index (Phi) is 10.7. The Bertz CT molecular complexity index is 4570. The van der Waals surface area contributed by atoms with E-state index in [9.17, 15) is 5.48 Å². The van der Waals surface area contributed by atoms with Gasteiger partial charge in [-0.2, -0.15) is 24.3 Å². The Morgan fingerprint density at radius 1 is 0.571 bits per heavy atom. The van der Waals surface area contributed by atoms with Crippen molar-refractivity contribution >= 4 is 62.0 Å². The average molecular weight is 1190 g/mol. The summed E-state index contributed by atoms with van der Waals surface area (Å²) in [6, 6.07) is 46.9. The molecule has 0 spiro atoms. The third-order valence-corrected chi connectivity index (χ3v) is 14.6. The molecule has 0 N–H and O–H groups in total. The van der Waals surface area contributed by atoms with Gasteiger partial charge in [-0.05, 0) is 115 Å². The summed E-state index contributed by atoms with van der Waals surface area (Å²) in [7, 11) is 0. The number of hydrogen-bond donors (Lipinski definition) is 0. The number of pyridine rings is 1. The minimum absolute atomic E-state index is 0. The Morgan fingerprint density at radius 3 is 1.74 bits per heavy atom. The van der Waals surface area contributed by atoms with E-state index in [1.165, 1.54) is 0 Å². The average Bonchev–Trinajstić information content (AvgIpc) is 1.77. The van der Waals surface area contributed by atoms with Crippen molar-refractivity contribution in [1.82, 2.24) is 14.1 Å².